The molecule has 0 aliphatic heterocycles. The lowest BCUT2D eigenvalue weighted by Gasteiger charge is -2.55. The van der Waals surface area contributed by atoms with Crippen LogP contribution in [0.3, 0.4) is 0 Å². The first-order chi connectivity index (χ1) is 8.94. The smallest absolute Gasteiger partial charge is 0.328 e. The van der Waals surface area contributed by atoms with E-state index in [1.807, 2.05) is 0 Å². The van der Waals surface area contributed by atoms with Gasteiger partial charge in [0.2, 0.25) is 0 Å². The molecule has 0 spiro atoms. The minimum Gasteiger partial charge on any atom is -0.478 e. The van der Waals surface area contributed by atoms with E-state index in [9.17, 15) is 20.1 Å². The molecule has 4 N–H and O–H groups in total. The van der Waals surface area contributed by atoms with E-state index in [-0.39, 0.29) is 6.42 Å². The van der Waals surface area contributed by atoms with Gasteiger partial charge in [0.25, 0.3) is 0 Å². The first-order valence-electron chi connectivity index (χ1n) is 6.67. The molecule has 0 saturated heterocycles. The van der Waals surface area contributed by atoms with Gasteiger partial charge in [-0.05, 0) is 38.3 Å². The molecule has 0 amide bonds. The minimum absolute atomic E-state index is 0.264. The average Bonchev–Trinajstić information content (AvgIpc) is 2.30. The second-order valence-corrected chi connectivity index (χ2v) is 6.38. The lowest BCUT2D eigenvalue weighted by Crippen LogP contribution is -2.66. The molecule has 0 bridgehead atoms. The lowest BCUT2D eigenvalue weighted by atomic mass is 9.57. The molecule has 20 heavy (non-hydrogen) atoms. The molecule has 1 saturated carbocycles. The van der Waals surface area contributed by atoms with Gasteiger partial charge in [0, 0.05) is 11.5 Å². The van der Waals surface area contributed by atoms with Crippen molar-refractivity contribution < 1.29 is 25.2 Å². The van der Waals surface area contributed by atoms with Gasteiger partial charge in [0.15, 0.2) is 0 Å². The molecule has 5 heteroatoms. The van der Waals surface area contributed by atoms with Crippen LogP contribution in [0.5, 0.6) is 0 Å². The fourth-order valence-electron chi connectivity index (χ4n) is 2.81. The van der Waals surface area contributed by atoms with Gasteiger partial charge in [-0.2, -0.15) is 0 Å². The highest BCUT2D eigenvalue weighted by Gasteiger charge is 2.59. The number of carbonyl (C=O) groups is 1. The summed E-state index contributed by atoms with van der Waals surface area (Å²) >= 11 is 0. The summed E-state index contributed by atoms with van der Waals surface area (Å²) in [5.74, 6) is -1.08. The highest BCUT2D eigenvalue weighted by Crippen LogP contribution is 2.50. The van der Waals surface area contributed by atoms with Gasteiger partial charge >= 0.3 is 5.97 Å². The van der Waals surface area contributed by atoms with Crippen LogP contribution in [0.2, 0.25) is 0 Å². The van der Waals surface area contributed by atoms with E-state index in [1.54, 1.807) is 20.8 Å². The zero-order valence-corrected chi connectivity index (χ0v) is 12.4. The molecule has 0 aromatic carbocycles. The third-order valence-corrected chi connectivity index (χ3v) is 4.48. The Morgan fingerprint density at radius 2 is 1.80 bits per heavy atom. The first-order valence-corrected chi connectivity index (χ1v) is 6.67. The molecular weight excluding hydrogens is 260 g/mol. The number of carboxylic acids is 1. The zero-order chi connectivity index (χ0) is 15.8. The van der Waals surface area contributed by atoms with Crippen molar-refractivity contribution in [2.45, 2.75) is 57.8 Å². The predicted molar refractivity (Wildman–Crippen MR) is 75.1 cm³/mol. The SMILES string of the molecule is CC(C=CC1(O)C(C)(O)CCC(O)C1(C)C)=CC(=O)O. The van der Waals surface area contributed by atoms with Crippen molar-refractivity contribution >= 4 is 5.97 Å². The summed E-state index contributed by atoms with van der Waals surface area (Å²) in [4.78, 5) is 10.6. The maximum atomic E-state index is 10.9. The Hall–Kier alpha value is -1.17. The summed E-state index contributed by atoms with van der Waals surface area (Å²) < 4.78 is 0. The number of hydrogen-bond donors (Lipinski definition) is 4. The molecule has 0 aromatic rings. The van der Waals surface area contributed by atoms with Crippen molar-refractivity contribution in [2.75, 3.05) is 0 Å². The highest BCUT2D eigenvalue weighted by molar-refractivity contribution is 5.81. The minimum atomic E-state index is -1.65. The normalized spacial score (nSPS) is 38.1. The second kappa shape index (κ2) is 5.31. The number of carboxylic acid groups (broad SMARTS) is 1. The van der Waals surface area contributed by atoms with E-state index in [2.05, 4.69) is 0 Å². The Kier molecular flexibility index (Phi) is 4.49. The molecule has 3 atom stereocenters. The Bertz CT molecular complexity index is 447. The summed E-state index contributed by atoms with van der Waals surface area (Å²) in [6.45, 7) is 6.49. The van der Waals surface area contributed by atoms with Gasteiger partial charge in [0.1, 0.15) is 5.60 Å². The molecule has 0 radical (unpaired) electrons. The Labute approximate surface area is 119 Å². The molecular formula is C15H24O5. The molecule has 5 nitrogen and oxygen atoms in total. The maximum absolute atomic E-state index is 10.9. The van der Waals surface area contributed by atoms with Gasteiger partial charge in [-0.1, -0.05) is 19.9 Å². The van der Waals surface area contributed by atoms with Crippen LogP contribution in [0, 0.1) is 5.41 Å². The fraction of sp³-hybridized carbons (Fsp3) is 0.667. The van der Waals surface area contributed by atoms with Gasteiger partial charge < -0.3 is 20.4 Å². The van der Waals surface area contributed by atoms with Gasteiger partial charge in [0.05, 0.1) is 11.7 Å². The van der Waals surface area contributed by atoms with Crippen LogP contribution >= 0.6 is 0 Å². The summed E-state index contributed by atoms with van der Waals surface area (Å²) in [6, 6.07) is 0. The van der Waals surface area contributed by atoms with Crippen LogP contribution in [0.1, 0.15) is 40.5 Å². The average molecular weight is 284 g/mol. The van der Waals surface area contributed by atoms with E-state index < -0.39 is 28.7 Å². The number of allylic oxidation sites excluding steroid dienone is 2. The largest absolute Gasteiger partial charge is 0.478 e. The van der Waals surface area contributed by atoms with Crippen LogP contribution in [-0.2, 0) is 4.79 Å². The predicted octanol–water partition coefficient (Wildman–Crippen LogP) is 1.24. The molecule has 0 aromatic heterocycles. The summed E-state index contributed by atoms with van der Waals surface area (Å²) in [6.07, 6.45) is 3.79. The lowest BCUT2D eigenvalue weighted by molar-refractivity contribution is -0.228. The number of aliphatic hydroxyl groups is 3. The van der Waals surface area contributed by atoms with E-state index >= 15 is 0 Å². The Morgan fingerprint density at radius 1 is 1.25 bits per heavy atom. The quantitative estimate of drug-likeness (QED) is 0.462. The highest BCUT2D eigenvalue weighted by atomic mass is 16.4. The first kappa shape index (κ1) is 16.9. The van der Waals surface area contributed by atoms with Crippen molar-refractivity contribution in [3.05, 3.63) is 23.8 Å². The topological polar surface area (TPSA) is 98.0 Å². The number of aliphatic hydroxyl groups excluding tert-OH is 1. The second-order valence-electron chi connectivity index (χ2n) is 6.38. The van der Waals surface area contributed by atoms with E-state index in [0.29, 0.717) is 12.0 Å². The van der Waals surface area contributed by atoms with E-state index in [4.69, 9.17) is 5.11 Å². The van der Waals surface area contributed by atoms with Crippen molar-refractivity contribution in [1.29, 1.82) is 0 Å². The molecule has 3 unspecified atom stereocenters. The number of aliphatic carboxylic acids is 1. The monoisotopic (exact) mass is 284 g/mol. The summed E-state index contributed by atoms with van der Waals surface area (Å²) in [7, 11) is 0. The van der Waals surface area contributed by atoms with Gasteiger partial charge in [-0.15, -0.1) is 0 Å². The van der Waals surface area contributed by atoms with Crippen LogP contribution < -0.4 is 0 Å². The molecule has 1 aliphatic rings. The van der Waals surface area contributed by atoms with E-state index in [1.165, 1.54) is 19.1 Å². The maximum Gasteiger partial charge on any atom is 0.328 e. The standard InChI is InChI=1S/C15H24O5/c1-10(9-12(17)18)5-8-15(20)13(2,3)11(16)6-7-14(15,4)19/h5,8-9,11,16,19-20H,6-7H2,1-4H3,(H,17,18). The molecule has 1 aliphatic carbocycles. The van der Waals surface area contributed by atoms with Crippen molar-refractivity contribution in [2.24, 2.45) is 5.41 Å². The fourth-order valence-corrected chi connectivity index (χ4v) is 2.81. The van der Waals surface area contributed by atoms with Crippen LogP contribution in [0.4, 0.5) is 0 Å². The molecule has 1 fully saturated rings. The van der Waals surface area contributed by atoms with Crippen molar-refractivity contribution in [3.8, 4) is 0 Å². The van der Waals surface area contributed by atoms with Crippen LogP contribution in [-0.4, -0.2) is 43.7 Å². The Balaban J connectivity index is 3.20. The number of rotatable bonds is 3. The van der Waals surface area contributed by atoms with Crippen molar-refractivity contribution in [1.82, 2.24) is 0 Å². The molecule has 114 valence electrons. The van der Waals surface area contributed by atoms with Gasteiger partial charge in [-0.25, -0.2) is 4.79 Å². The van der Waals surface area contributed by atoms with E-state index in [0.717, 1.165) is 6.08 Å². The molecule has 0 heterocycles. The number of hydrogen-bond acceptors (Lipinski definition) is 4. The third kappa shape index (κ3) is 2.80. The van der Waals surface area contributed by atoms with Crippen LogP contribution in [0.25, 0.3) is 0 Å². The molecule has 1 rings (SSSR count). The zero-order valence-electron chi connectivity index (χ0n) is 12.4. The third-order valence-electron chi connectivity index (χ3n) is 4.48. The Morgan fingerprint density at radius 3 is 2.30 bits per heavy atom. The van der Waals surface area contributed by atoms with Gasteiger partial charge in [-0.3, -0.25) is 0 Å². The van der Waals surface area contributed by atoms with Crippen LogP contribution in [0.15, 0.2) is 23.8 Å². The summed E-state index contributed by atoms with van der Waals surface area (Å²) in [5, 5.41) is 40.2. The summed E-state index contributed by atoms with van der Waals surface area (Å²) in [5.41, 5.74) is -3.55. The van der Waals surface area contributed by atoms with Crippen molar-refractivity contribution in [3.63, 3.8) is 0 Å².